The second-order valence-corrected chi connectivity index (χ2v) is 4.29. The fourth-order valence-electron chi connectivity index (χ4n) is 1.98. The third-order valence-electron chi connectivity index (χ3n) is 2.89. The van der Waals surface area contributed by atoms with Crippen molar-refractivity contribution in [2.45, 2.75) is 13.3 Å². The minimum Gasteiger partial charge on any atom is -0.497 e. The molecule has 0 aromatic heterocycles. The highest BCUT2D eigenvalue weighted by Crippen LogP contribution is 2.30. The molecule has 1 aromatic carbocycles. The number of fused-ring (bicyclic) bond motifs is 1. The van der Waals surface area contributed by atoms with Crippen molar-refractivity contribution in [1.29, 1.82) is 0 Å². The Labute approximate surface area is 101 Å². The molecule has 1 unspecified atom stereocenters. The normalized spacial score (nSPS) is 17.9. The summed E-state index contributed by atoms with van der Waals surface area (Å²) in [5, 5.41) is 2.82. The maximum Gasteiger partial charge on any atom is 0.216 e. The molecule has 0 bridgehead atoms. The average Bonchev–Trinajstić information content (AvgIpc) is 2.35. The smallest absolute Gasteiger partial charge is 0.216 e. The van der Waals surface area contributed by atoms with E-state index in [1.165, 1.54) is 6.92 Å². The number of carbonyl (C=O) groups excluding carboxylic acids is 1. The van der Waals surface area contributed by atoms with Crippen molar-refractivity contribution < 1.29 is 14.3 Å². The molecule has 0 saturated heterocycles. The molecule has 0 spiro atoms. The molecule has 92 valence electrons. The molecule has 0 saturated carbocycles. The van der Waals surface area contributed by atoms with E-state index in [2.05, 4.69) is 5.32 Å². The maximum atomic E-state index is 10.9. The van der Waals surface area contributed by atoms with Gasteiger partial charge in [-0.3, -0.25) is 4.79 Å². The lowest BCUT2D eigenvalue weighted by atomic mass is 9.96. The number of amides is 1. The standard InChI is InChI=1S/C13H17NO3/c1-9(15)14-7-10-5-11-6-12(16-2)3-4-13(11)17-8-10/h3-4,6,10H,5,7-8H2,1-2H3,(H,14,15). The second-order valence-electron chi connectivity index (χ2n) is 4.29. The first-order valence-electron chi connectivity index (χ1n) is 5.73. The predicted octanol–water partition coefficient (Wildman–Crippen LogP) is 1.38. The molecular formula is C13H17NO3. The number of methoxy groups -OCH3 is 1. The highest BCUT2D eigenvalue weighted by atomic mass is 16.5. The first kappa shape index (κ1) is 11.8. The van der Waals surface area contributed by atoms with Gasteiger partial charge in [-0.25, -0.2) is 0 Å². The van der Waals surface area contributed by atoms with E-state index in [4.69, 9.17) is 9.47 Å². The van der Waals surface area contributed by atoms with Gasteiger partial charge in [0.1, 0.15) is 11.5 Å². The lowest BCUT2D eigenvalue weighted by Crippen LogP contribution is -2.33. The number of benzene rings is 1. The van der Waals surface area contributed by atoms with E-state index >= 15 is 0 Å². The zero-order valence-corrected chi connectivity index (χ0v) is 10.2. The van der Waals surface area contributed by atoms with Crippen molar-refractivity contribution in [2.24, 2.45) is 5.92 Å². The summed E-state index contributed by atoms with van der Waals surface area (Å²) in [7, 11) is 1.65. The van der Waals surface area contributed by atoms with Crippen molar-refractivity contribution in [1.82, 2.24) is 5.32 Å². The van der Waals surface area contributed by atoms with Crippen molar-refractivity contribution in [2.75, 3.05) is 20.3 Å². The third kappa shape index (κ3) is 2.90. The lowest BCUT2D eigenvalue weighted by molar-refractivity contribution is -0.119. The van der Waals surface area contributed by atoms with Gasteiger partial charge in [0.15, 0.2) is 0 Å². The molecule has 0 fully saturated rings. The van der Waals surface area contributed by atoms with Crippen LogP contribution in [0.5, 0.6) is 11.5 Å². The van der Waals surface area contributed by atoms with E-state index in [-0.39, 0.29) is 5.91 Å². The van der Waals surface area contributed by atoms with Crippen LogP contribution in [0.4, 0.5) is 0 Å². The summed E-state index contributed by atoms with van der Waals surface area (Å²) in [5.41, 5.74) is 1.14. The molecule has 1 aliphatic rings. The van der Waals surface area contributed by atoms with Crippen LogP contribution in [0, 0.1) is 5.92 Å². The van der Waals surface area contributed by atoms with E-state index in [0.717, 1.165) is 23.5 Å². The Morgan fingerprint density at radius 3 is 3.12 bits per heavy atom. The average molecular weight is 235 g/mol. The van der Waals surface area contributed by atoms with Gasteiger partial charge < -0.3 is 14.8 Å². The number of ether oxygens (including phenoxy) is 2. The van der Waals surface area contributed by atoms with Crippen LogP contribution in [-0.2, 0) is 11.2 Å². The summed E-state index contributed by atoms with van der Waals surface area (Å²) < 4.78 is 10.8. The molecule has 2 rings (SSSR count). The molecule has 1 atom stereocenters. The van der Waals surface area contributed by atoms with Crippen LogP contribution < -0.4 is 14.8 Å². The van der Waals surface area contributed by atoms with Crippen LogP contribution in [0.25, 0.3) is 0 Å². The Hall–Kier alpha value is -1.71. The molecule has 1 aliphatic heterocycles. The second kappa shape index (κ2) is 5.08. The Morgan fingerprint density at radius 2 is 2.41 bits per heavy atom. The lowest BCUT2D eigenvalue weighted by Gasteiger charge is -2.25. The molecule has 1 aromatic rings. The number of hydrogen-bond donors (Lipinski definition) is 1. The molecule has 1 N–H and O–H groups in total. The summed E-state index contributed by atoms with van der Waals surface area (Å²) in [6.45, 7) is 2.84. The van der Waals surface area contributed by atoms with E-state index in [1.807, 2.05) is 18.2 Å². The van der Waals surface area contributed by atoms with Crippen molar-refractivity contribution >= 4 is 5.91 Å². The number of nitrogens with one attached hydrogen (secondary N) is 1. The van der Waals surface area contributed by atoms with Crippen LogP contribution in [-0.4, -0.2) is 26.2 Å². The zero-order valence-electron chi connectivity index (χ0n) is 10.2. The predicted molar refractivity (Wildman–Crippen MR) is 64.4 cm³/mol. The van der Waals surface area contributed by atoms with Crippen LogP contribution in [0.3, 0.4) is 0 Å². The van der Waals surface area contributed by atoms with Crippen molar-refractivity contribution in [3.05, 3.63) is 23.8 Å². The fourth-order valence-corrected chi connectivity index (χ4v) is 1.98. The van der Waals surface area contributed by atoms with Gasteiger partial charge in [0.05, 0.1) is 13.7 Å². The first-order chi connectivity index (χ1) is 8.19. The largest absolute Gasteiger partial charge is 0.497 e. The Bertz CT molecular complexity index is 417. The van der Waals surface area contributed by atoms with Gasteiger partial charge in [0.2, 0.25) is 5.91 Å². The van der Waals surface area contributed by atoms with Gasteiger partial charge in [0, 0.05) is 19.4 Å². The molecule has 4 heteroatoms. The maximum absolute atomic E-state index is 10.9. The summed E-state index contributed by atoms with van der Waals surface area (Å²) >= 11 is 0. The van der Waals surface area contributed by atoms with Crippen molar-refractivity contribution in [3.63, 3.8) is 0 Å². The van der Waals surface area contributed by atoms with Crippen LogP contribution in [0.15, 0.2) is 18.2 Å². The highest BCUT2D eigenvalue weighted by Gasteiger charge is 2.20. The van der Waals surface area contributed by atoms with Crippen LogP contribution in [0.1, 0.15) is 12.5 Å². The molecule has 4 nitrogen and oxygen atoms in total. The van der Waals surface area contributed by atoms with Gasteiger partial charge >= 0.3 is 0 Å². The molecule has 1 amide bonds. The van der Waals surface area contributed by atoms with Gasteiger partial charge in [-0.2, -0.15) is 0 Å². The zero-order chi connectivity index (χ0) is 12.3. The van der Waals surface area contributed by atoms with Crippen molar-refractivity contribution in [3.8, 4) is 11.5 Å². The summed E-state index contributed by atoms with van der Waals surface area (Å²) in [4.78, 5) is 10.9. The Kier molecular flexibility index (Phi) is 3.52. The summed E-state index contributed by atoms with van der Waals surface area (Å²) in [6, 6.07) is 5.82. The minimum atomic E-state index is 0.00133. The number of rotatable bonds is 3. The van der Waals surface area contributed by atoms with Gasteiger partial charge in [-0.15, -0.1) is 0 Å². The number of carbonyl (C=O) groups is 1. The molecule has 0 aliphatic carbocycles. The van der Waals surface area contributed by atoms with Crippen LogP contribution in [0.2, 0.25) is 0 Å². The summed E-state index contributed by atoms with van der Waals surface area (Å²) in [6.07, 6.45) is 0.910. The van der Waals surface area contributed by atoms with E-state index in [9.17, 15) is 4.79 Å². The molecule has 1 heterocycles. The molecular weight excluding hydrogens is 218 g/mol. The van der Waals surface area contributed by atoms with Gasteiger partial charge in [-0.1, -0.05) is 0 Å². The minimum absolute atomic E-state index is 0.00133. The topological polar surface area (TPSA) is 47.6 Å². The Balaban J connectivity index is 2.03. The summed E-state index contributed by atoms with van der Waals surface area (Å²) in [5.74, 6) is 2.09. The Morgan fingerprint density at radius 1 is 1.59 bits per heavy atom. The van der Waals surface area contributed by atoms with E-state index < -0.39 is 0 Å². The SMILES string of the molecule is COc1ccc2c(c1)CC(CNC(C)=O)CO2. The van der Waals surface area contributed by atoms with Gasteiger partial charge in [-0.05, 0) is 30.2 Å². The first-order valence-corrected chi connectivity index (χ1v) is 5.73. The third-order valence-corrected chi connectivity index (χ3v) is 2.89. The van der Waals surface area contributed by atoms with E-state index in [1.54, 1.807) is 7.11 Å². The highest BCUT2D eigenvalue weighted by molar-refractivity contribution is 5.72. The number of hydrogen-bond acceptors (Lipinski definition) is 3. The van der Waals surface area contributed by atoms with Crippen LogP contribution >= 0.6 is 0 Å². The molecule has 0 radical (unpaired) electrons. The van der Waals surface area contributed by atoms with Gasteiger partial charge in [0.25, 0.3) is 0 Å². The molecule has 17 heavy (non-hydrogen) atoms. The fraction of sp³-hybridized carbons (Fsp3) is 0.462. The monoisotopic (exact) mass is 235 g/mol. The quantitative estimate of drug-likeness (QED) is 0.861. The van der Waals surface area contributed by atoms with E-state index in [0.29, 0.717) is 19.1 Å².